The zero-order valence-corrected chi connectivity index (χ0v) is 12.7. The molecule has 0 saturated heterocycles. The van der Waals surface area contributed by atoms with Crippen LogP contribution >= 0.6 is 0 Å². The van der Waals surface area contributed by atoms with Crippen LogP contribution in [0.5, 0.6) is 11.5 Å². The van der Waals surface area contributed by atoms with Crippen LogP contribution in [0, 0.1) is 11.3 Å². The molecule has 0 saturated carbocycles. The van der Waals surface area contributed by atoms with Crippen LogP contribution in [0.15, 0.2) is 42.5 Å². The highest BCUT2D eigenvalue weighted by molar-refractivity contribution is 5.91. The summed E-state index contributed by atoms with van der Waals surface area (Å²) in [4.78, 5) is 10.8. The summed E-state index contributed by atoms with van der Waals surface area (Å²) in [5.41, 5.74) is 1.86. The number of hydrogen-bond acceptors (Lipinski definition) is 5. The Bertz CT molecular complexity index is 786. The van der Waals surface area contributed by atoms with E-state index in [-0.39, 0.29) is 5.56 Å². The zero-order chi connectivity index (χ0) is 16.8. The van der Waals surface area contributed by atoms with Gasteiger partial charge in [-0.25, -0.2) is 0 Å². The number of nitriles is 1. The molecule has 0 radical (unpaired) electrons. The Hall–Kier alpha value is -3.26. The van der Waals surface area contributed by atoms with Crippen molar-refractivity contribution in [2.75, 3.05) is 14.2 Å². The molecule has 2 aromatic carbocycles. The topological polar surface area (TPSA) is 82.4 Å². The second kappa shape index (κ2) is 7.14. The van der Waals surface area contributed by atoms with Crippen LogP contribution in [0.3, 0.4) is 0 Å². The van der Waals surface area contributed by atoms with Crippen LogP contribution < -0.4 is 14.6 Å². The Kier molecular flexibility index (Phi) is 5.00. The first-order valence-corrected chi connectivity index (χ1v) is 6.74. The lowest BCUT2D eigenvalue weighted by Gasteiger charge is -2.08. The van der Waals surface area contributed by atoms with Gasteiger partial charge in [-0.1, -0.05) is 30.3 Å². The largest absolute Gasteiger partial charge is 0.545 e. The van der Waals surface area contributed by atoms with E-state index in [0.717, 1.165) is 5.56 Å². The molecule has 0 aliphatic heterocycles. The van der Waals surface area contributed by atoms with Gasteiger partial charge in [0.2, 0.25) is 0 Å². The number of aromatic carboxylic acids is 1. The maximum absolute atomic E-state index is 10.8. The average Bonchev–Trinajstić information content (AvgIpc) is 2.59. The van der Waals surface area contributed by atoms with Gasteiger partial charge in [0.1, 0.15) is 0 Å². The van der Waals surface area contributed by atoms with Crippen molar-refractivity contribution in [2.45, 2.75) is 0 Å². The maximum atomic E-state index is 10.8. The molecule has 2 rings (SSSR count). The summed E-state index contributed by atoms with van der Waals surface area (Å²) in [6.07, 6.45) is 1.69. The Labute approximate surface area is 134 Å². The number of ether oxygens (including phenoxy) is 2. The van der Waals surface area contributed by atoms with E-state index in [4.69, 9.17) is 9.47 Å². The second-order valence-corrected chi connectivity index (χ2v) is 4.65. The number of benzene rings is 2. The molecule has 0 unspecified atom stereocenters. The van der Waals surface area contributed by atoms with Gasteiger partial charge in [0.05, 0.1) is 31.8 Å². The summed E-state index contributed by atoms with van der Waals surface area (Å²) in [5, 5.41) is 20.1. The summed E-state index contributed by atoms with van der Waals surface area (Å²) >= 11 is 0. The molecule has 0 amide bonds. The normalized spacial score (nSPS) is 10.7. The van der Waals surface area contributed by atoms with Crippen LogP contribution in [-0.4, -0.2) is 20.2 Å². The quantitative estimate of drug-likeness (QED) is 0.624. The van der Waals surface area contributed by atoms with E-state index >= 15 is 0 Å². The molecule has 0 aliphatic carbocycles. The molecule has 116 valence electrons. The van der Waals surface area contributed by atoms with Crippen molar-refractivity contribution in [3.05, 3.63) is 59.2 Å². The van der Waals surface area contributed by atoms with Crippen LogP contribution in [-0.2, 0) is 0 Å². The molecule has 0 aliphatic rings. The first-order valence-electron chi connectivity index (χ1n) is 6.74. The average molecular weight is 308 g/mol. The molecule has 0 N–H and O–H groups in total. The van der Waals surface area contributed by atoms with Crippen LogP contribution in [0.2, 0.25) is 0 Å². The van der Waals surface area contributed by atoms with E-state index < -0.39 is 5.97 Å². The number of hydrogen-bond donors (Lipinski definition) is 0. The summed E-state index contributed by atoms with van der Waals surface area (Å²) in [5.74, 6) is -0.0914. The minimum atomic E-state index is -1.25. The minimum Gasteiger partial charge on any atom is -0.545 e. The number of methoxy groups -OCH3 is 2. The summed E-state index contributed by atoms with van der Waals surface area (Å²) in [7, 11) is 3.09. The van der Waals surface area contributed by atoms with Gasteiger partial charge < -0.3 is 19.4 Å². The minimum absolute atomic E-state index is 0.0668. The molecule has 0 atom stereocenters. The number of rotatable bonds is 5. The van der Waals surface area contributed by atoms with Crippen molar-refractivity contribution in [1.82, 2.24) is 0 Å². The molecule has 5 nitrogen and oxygen atoms in total. The number of carbonyl (C=O) groups is 1. The van der Waals surface area contributed by atoms with Gasteiger partial charge in [0.25, 0.3) is 0 Å². The fourth-order valence-electron chi connectivity index (χ4n) is 2.08. The van der Waals surface area contributed by atoms with E-state index in [0.29, 0.717) is 22.6 Å². The van der Waals surface area contributed by atoms with Crippen molar-refractivity contribution in [1.29, 1.82) is 5.26 Å². The number of carboxylic acid groups (broad SMARTS) is 1. The Balaban J connectivity index is 2.39. The monoisotopic (exact) mass is 308 g/mol. The number of nitrogens with zero attached hydrogens (tertiary/aromatic N) is 1. The van der Waals surface area contributed by atoms with E-state index in [1.165, 1.54) is 19.2 Å². The Morgan fingerprint density at radius 1 is 1.04 bits per heavy atom. The highest BCUT2D eigenvalue weighted by Gasteiger charge is 2.06. The van der Waals surface area contributed by atoms with Gasteiger partial charge in [-0.05, 0) is 34.9 Å². The summed E-state index contributed by atoms with van der Waals surface area (Å²) in [6, 6.07) is 13.4. The predicted octanol–water partition coefficient (Wildman–Crippen LogP) is 2.13. The fraction of sp³-hybridized carbons (Fsp3) is 0.111. The highest BCUT2D eigenvalue weighted by Crippen LogP contribution is 2.29. The van der Waals surface area contributed by atoms with Crippen LogP contribution in [0.4, 0.5) is 0 Å². The predicted molar refractivity (Wildman–Crippen MR) is 83.8 cm³/mol. The first kappa shape index (κ1) is 16.1. The van der Waals surface area contributed by atoms with Gasteiger partial charge in [0, 0.05) is 0 Å². The number of allylic oxidation sites excluding steroid dienone is 1. The molecule has 0 aromatic heterocycles. The molecule has 5 heteroatoms. The van der Waals surface area contributed by atoms with Crippen molar-refractivity contribution < 1.29 is 19.4 Å². The van der Waals surface area contributed by atoms with Crippen molar-refractivity contribution in [2.24, 2.45) is 0 Å². The van der Waals surface area contributed by atoms with Crippen LogP contribution in [0.1, 0.15) is 21.5 Å². The summed E-state index contributed by atoms with van der Waals surface area (Å²) in [6.45, 7) is 0. The van der Waals surface area contributed by atoms with Crippen molar-refractivity contribution in [3.63, 3.8) is 0 Å². The van der Waals surface area contributed by atoms with Gasteiger partial charge in [-0.2, -0.15) is 5.26 Å². The molecule has 0 bridgehead atoms. The molecule has 0 spiro atoms. The molecule has 2 aromatic rings. The van der Waals surface area contributed by atoms with Gasteiger partial charge in [-0.3, -0.25) is 0 Å². The Morgan fingerprint density at radius 3 is 2.17 bits per heavy atom. The van der Waals surface area contributed by atoms with E-state index in [1.807, 2.05) is 0 Å². The zero-order valence-electron chi connectivity index (χ0n) is 12.7. The second-order valence-electron chi connectivity index (χ2n) is 4.65. The Morgan fingerprint density at radius 2 is 1.65 bits per heavy atom. The van der Waals surface area contributed by atoms with Gasteiger partial charge >= 0.3 is 0 Å². The lowest BCUT2D eigenvalue weighted by Crippen LogP contribution is -2.21. The van der Waals surface area contributed by atoms with Crippen LogP contribution in [0.25, 0.3) is 11.6 Å². The molecule has 23 heavy (non-hydrogen) atoms. The lowest BCUT2D eigenvalue weighted by molar-refractivity contribution is -0.255. The molecular weight excluding hydrogens is 294 g/mol. The van der Waals surface area contributed by atoms with Gasteiger partial charge in [-0.15, -0.1) is 0 Å². The molecule has 0 heterocycles. The third-order valence-electron chi connectivity index (χ3n) is 3.27. The molecule has 0 fully saturated rings. The van der Waals surface area contributed by atoms with Crippen molar-refractivity contribution >= 4 is 17.6 Å². The third kappa shape index (κ3) is 3.69. The maximum Gasteiger partial charge on any atom is 0.161 e. The third-order valence-corrected chi connectivity index (χ3v) is 3.27. The fourth-order valence-corrected chi connectivity index (χ4v) is 2.08. The SMILES string of the molecule is COc1ccc(/C=C(/C#N)c2ccc(C(=O)[O-])cc2)cc1OC. The summed E-state index contributed by atoms with van der Waals surface area (Å²) < 4.78 is 10.4. The van der Waals surface area contributed by atoms with E-state index in [1.54, 1.807) is 43.5 Å². The molecular formula is C18H14NO4-. The first-order chi connectivity index (χ1) is 11.1. The van der Waals surface area contributed by atoms with E-state index in [9.17, 15) is 15.2 Å². The number of carbonyl (C=O) groups excluding carboxylic acids is 1. The standard InChI is InChI=1S/C18H15NO4/c1-22-16-8-3-12(10-17(16)23-2)9-15(11-19)13-4-6-14(7-5-13)18(20)21/h3-10H,1-2H3,(H,20,21)/p-1/b15-9-. The van der Waals surface area contributed by atoms with Crippen molar-refractivity contribution in [3.8, 4) is 17.6 Å². The highest BCUT2D eigenvalue weighted by atomic mass is 16.5. The van der Waals surface area contributed by atoms with E-state index in [2.05, 4.69) is 6.07 Å². The number of carboxylic acids is 1. The van der Waals surface area contributed by atoms with Gasteiger partial charge in [0.15, 0.2) is 11.5 Å². The smallest absolute Gasteiger partial charge is 0.161 e. The lowest BCUT2D eigenvalue weighted by atomic mass is 10.0.